The lowest BCUT2D eigenvalue weighted by Crippen LogP contribution is -2.48. The Morgan fingerprint density at radius 3 is 2.39 bits per heavy atom. The SMILES string of the molecule is CCCC(C)(N)C(=O)Nc1c(Br)cc(Cl)cc1Br. The number of carbonyl (C=O) groups is 1. The average Bonchev–Trinajstić information content (AvgIpc) is 2.22. The fraction of sp³-hybridized carbons (Fsp3) is 0.417. The lowest BCUT2D eigenvalue weighted by Gasteiger charge is -2.23. The van der Waals surface area contributed by atoms with E-state index in [-0.39, 0.29) is 5.91 Å². The number of hydrogen-bond acceptors (Lipinski definition) is 2. The predicted molar refractivity (Wildman–Crippen MR) is 83.0 cm³/mol. The molecule has 0 aromatic heterocycles. The Balaban J connectivity index is 2.95. The Hall–Kier alpha value is -0.100. The number of carbonyl (C=O) groups excluding carboxylic acids is 1. The predicted octanol–water partition coefficient (Wildman–Crippen LogP) is 4.32. The van der Waals surface area contributed by atoms with Crippen LogP contribution in [-0.2, 0) is 4.79 Å². The highest BCUT2D eigenvalue weighted by molar-refractivity contribution is 9.11. The molecule has 1 rings (SSSR count). The molecule has 1 amide bonds. The lowest BCUT2D eigenvalue weighted by atomic mass is 9.96. The van der Waals surface area contributed by atoms with Crippen LogP contribution >= 0.6 is 43.5 Å². The smallest absolute Gasteiger partial charge is 0.244 e. The number of hydrogen-bond donors (Lipinski definition) is 2. The van der Waals surface area contributed by atoms with Crippen LogP contribution in [0.4, 0.5) is 5.69 Å². The molecule has 0 radical (unpaired) electrons. The van der Waals surface area contributed by atoms with Gasteiger partial charge in [0.05, 0.1) is 11.2 Å². The van der Waals surface area contributed by atoms with Crippen molar-refractivity contribution in [3.05, 3.63) is 26.1 Å². The summed E-state index contributed by atoms with van der Waals surface area (Å²) in [5.74, 6) is -0.215. The van der Waals surface area contributed by atoms with Gasteiger partial charge in [0.15, 0.2) is 0 Å². The minimum absolute atomic E-state index is 0.215. The van der Waals surface area contributed by atoms with Crippen LogP contribution < -0.4 is 11.1 Å². The summed E-state index contributed by atoms with van der Waals surface area (Å²) in [7, 11) is 0. The van der Waals surface area contributed by atoms with Gasteiger partial charge in [0.1, 0.15) is 0 Å². The molecular weight excluding hydrogens is 383 g/mol. The van der Waals surface area contributed by atoms with Gasteiger partial charge in [-0.25, -0.2) is 0 Å². The highest BCUT2D eigenvalue weighted by atomic mass is 79.9. The quantitative estimate of drug-likeness (QED) is 0.794. The van der Waals surface area contributed by atoms with E-state index < -0.39 is 5.54 Å². The lowest BCUT2D eigenvalue weighted by molar-refractivity contribution is -0.120. The van der Waals surface area contributed by atoms with Crippen molar-refractivity contribution < 1.29 is 4.79 Å². The summed E-state index contributed by atoms with van der Waals surface area (Å²) in [5, 5.41) is 3.39. The maximum atomic E-state index is 12.1. The van der Waals surface area contributed by atoms with Crippen LogP contribution in [-0.4, -0.2) is 11.4 Å². The van der Waals surface area contributed by atoms with Crippen LogP contribution in [0.25, 0.3) is 0 Å². The zero-order chi connectivity index (χ0) is 13.9. The molecule has 0 aliphatic carbocycles. The van der Waals surface area contributed by atoms with Crippen molar-refractivity contribution in [1.29, 1.82) is 0 Å². The van der Waals surface area contributed by atoms with Gasteiger partial charge in [-0.3, -0.25) is 4.79 Å². The van der Waals surface area contributed by atoms with E-state index >= 15 is 0 Å². The van der Waals surface area contributed by atoms with Gasteiger partial charge >= 0.3 is 0 Å². The maximum absolute atomic E-state index is 12.1. The van der Waals surface area contributed by atoms with Gasteiger partial charge in [-0.05, 0) is 57.3 Å². The molecule has 0 aliphatic rings. The third-order valence-electron chi connectivity index (χ3n) is 2.53. The molecular formula is C12H15Br2ClN2O. The van der Waals surface area contributed by atoms with Crippen LogP contribution in [0, 0.1) is 0 Å². The van der Waals surface area contributed by atoms with Crippen molar-refractivity contribution in [3.8, 4) is 0 Å². The normalized spacial score (nSPS) is 14.1. The highest BCUT2D eigenvalue weighted by Gasteiger charge is 2.28. The summed E-state index contributed by atoms with van der Waals surface area (Å²) in [6.45, 7) is 3.72. The molecule has 0 spiro atoms. The van der Waals surface area contributed by atoms with Crippen molar-refractivity contribution in [2.75, 3.05) is 5.32 Å². The second-order valence-corrected chi connectivity index (χ2v) is 6.51. The Bertz CT molecular complexity index is 440. The van der Waals surface area contributed by atoms with Crippen LogP contribution in [0.2, 0.25) is 5.02 Å². The molecule has 3 nitrogen and oxygen atoms in total. The van der Waals surface area contributed by atoms with Gasteiger partial charge in [0.25, 0.3) is 0 Å². The van der Waals surface area contributed by atoms with E-state index in [1.54, 1.807) is 19.1 Å². The molecule has 3 N–H and O–H groups in total. The zero-order valence-corrected chi connectivity index (χ0v) is 14.1. The molecule has 0 saturated carbocycles. The first-order valence-corrected chi connectivity index (χ1v) is 7.49. The van der Waals surface area contributed by atoms with Crippen molar-refractivity contribution in [3.63, 3.8) is 0 Å². The number of amides is 1. The summed E-state index contributed by atoms with van der Waals surface area (Å²) < 4.78 is 1.42. The molecule has 0 saturated heterocycles. The summed E-state index contributed by atoms with van der Waals surface area (Å²) in [4.78, 5) is 12.1. The monoisotopic (exact) mass is 396 g/mol. The topological polar surface area (TPSA) is 55.1 Å². The Labute approximate surface area is 129 Å². The maximum Gasteiger partial charge on any atom is 0.244 e. The molecule has 1 aromatic rings. The average molecular weight is 399 g/mol. The summed E-state index contributed by atoms with van der Waals surface area (Å²) in [6, 6.07) is 3.44. The van der Waals surface area contributed by atoms with Crippen molar-refractivity contribution >= 4 is 55.1 Å². The third kappa shape index (κ3) is 3.95. The van der Waals surface area contributed by atoms with E-state index in [2.05, 4.69) is 37.2 Å². The number of nitrogens with one attached hydrogen (secondary N) is 1. The van der Waals surface area contributed by atoms with Crippen molar-refractivity contribution in [1.82, 2.24) is 0 Å². The molecule has 0 heterocycles. The van der Waals surface area contributed by atoms with Crippen LogP contribution in [0.1, 0.15) is 26.7 Å². The van der Waals surface area contributed by atoms with Gasteiger partial charge in [-0.2, -0.15) is 0 Å². The number of anilines is 1. The number of halogens is 3. The van der Waals surface area contributed by atoms with Crippen LogP contribution in [0.15, 0.2) is 21.1 Å². The first-order chi connectivity index (χ1) is 8.27. The largest absolute Gasteiger partial charge is 0.323 e. The van der Waals surface area contributed by atoms with Gasteiger partial charge in [0, 0.05) is 14.0 Å². The second-order valence-electron chi connectivity index (χ2n) is 4.37. The van der Waals surface area contributed by atoms with Crippen LogP contribution in [0.5, 0.6) is 0 Å². The molecule has 0 fully saturated rings. The van der Waals surface area contributed by atoms with Crippen LogP contribution in [0.3, 0.4) is 0 Å². The molecule has 0 bridgehead atoms. The number of nitrogens with two attached hydrogens (primary N) is 1. The fourth-order valence-corrected chi connectivity index (χ4v) is 3.42. The summed E-state index contributed by atoms with van der Waals surface area (Å²) in [5.41, 5.74) is 5.73. The molecule has 18 heavy (non-hydrogen) atoms. The third-order valence-corrected chi connectivity index (χ3v) is 4.00. The molecule has 0 aliphatic heterocycles. The Kier molecular flexibility index (Phi) is 5.65. The first kappa shape index (κ1) is 16.0. The van der Waals surface area contributed by atoms with E-state index in [0.717, 1.165) is 6.42 Å². The van der Waals surface area contributed by atoms with Gasteiger partial charge in [0.2, 0.25) is 5.91 Å². The summed E-state index contributed by atoms with van der Waals surface area (Å²) in [6.07, 6.45) is 1.48. The van der Waals surface area contributed by atoms with E-state index in [1.165, 1.54) is 0 Å². The number of benzene rings is 1. The molecule has 1 atom stereocenters. The zero-order valence-electron chi connectivity index (χ0n) is 10.2. The first-order valence-electron chi connectivity index (χ1n) is 5.53. The Morgan fingerprint density at radius 2 is 1.94 bits per heavy atom. The molecule has 100 valence electrons. The number of rotatable bonds is 4. The Morgan fingerprint density at radius 1 is 1.44 bits per heavy atom. The molecule has 1 aromatic carbocycles. The van der Waals surface area contributed by atoms with E-state index in [9.17, 15) is 4.79 Å². The fourth-order valence-electron chi connectivity index (χ4n) is 1.55. The van der Waals surface area contributed by atoms with E-state index in [4.69, 9.17) is 17.3 Å². The van der Waals surface area contributed by atoms with E-state index in [0.29, 0.717) is 26.1 Å². The highest BCUT2D eigenvalue weighted by Crippen LogP contribution is 2.34. The summed E-state index contributed by atoms with van der Waals surface area (Å²) >= 11 is 12.6. The standard InChI is InChI=1S/C12H15Br2ClN2O/c1-3-4-12(2,16)11(18)17-10-8(13)5-7(15)6-9(10)14/h5-6H,3-4,16H2,1-2H3,(H,17,18). The van der Waals surface area contributed by atoms with Crippen molar-refractivity contribution in [2.45, 2.75) is 32.2 Å². The van der Waals surface area contributed by atoms with Crippen molar-refractivity contribution in [2.24, 2.45) is 5.73 Å². The van der Waals surface area contributed by atoms with Gasteiger partial charge in [-0.1, -0.05) is 24.9 Å². The minimum Gasteiger partial charge on any atom is -0.323 e. The minimum atomic E-state index is -0.882. The molecule has 1 unspecified atom stereocenters. The van der Waals surface area contributed by atoms with Gasteiger partial charge < -0.3 is 11.1 Å². The van der Waals surface area contributed by atoms with Gasteiger partial charge in [-0.15, -0.1) is 0 Å². The second kappa shape index (κ2) is 6.37. The molecule has 6 heteroatoms. The van der Waals surface area contributed by atoms with E-state index in [1.807, 2.05) is 6.92 Å².